The van der Waals surface area contributed by atoms with E-state index in [1.165, 1.54) is 40.0 Å². The Hall–Kier alpha value is -2.49. The zero-order chi connectivity index (χ0) is 22.8. The van der Waals surface area contributed by atoms with E-state index in [0.29, 0.717) is 16.9 Å². The minimum Gasteiger partial charge on any atom is -0.410 e. The van der Waals surface area contributed by atoms with Gasteiger partial charge in [-0.1, -0.05) is 36.4 Å². The van der Waals surface area contributed by atoms with Gasteiger partial charge in [-0.3, -0.25) is 4.79 Å². The molecule has 0 saturated heterocycles. The van der Waals surface area contributed by atoms with Gasteiger partial charge in [-0.2, -0.15) is 0 Å². The number of anilines is 1. The van der Waals surface area contributed by atoms with Crippen LogP contribution in [0, 0.1) is 12.8 Å². The first-order valence-corrected chi connectivity index (χ1v) is 13.6. The standard InChI is InChI=1S/C24H24N4O2S3/c1-14-3-6-17(7-4-14)25-21(29)11-22-26-18(12-31-22)13-32-24-28-27-23(30-24)20-10-16-9-15(2)5-8-19(16)33-20/h3-4,6-7,10,12,15H,5,8-9,11,13H2,1-2H3,(H,25,29). The Balaban J connectivity index is 1.15. The molecule has 5 rings (SSSR count). The number of aromatic nitrogens is 3. The average Bonchev–Trinajstić information content (AvgIpc) is 3.53. The highest BCUT2D eigenvalue weighted by Crippen LogP contribution is 2.37. The molecule has 1 N–H and O–H groups in total. The Morgan fingerprint density at radius 1 is 1.27 bits per heavy atom. The molecule has 33 heavy (non-hydrogen) atoms. The number of thioether (sulfide) groups is 1. The van der Waals surface area contributed by atoms with Gasteiger partial charge in [0.2, 0.25) is 5.91 Å². The van der Waals surface area contributed by atoms with Crippen LogP contribution in [-0.2, 0) is 29.8 Å². The normalized spacial score (nSPS) is 15.4. The summed E-state index contributed by atoms with van der Waals surface area (Å²) in [6.07, 6.45) is 3.79. The highest BCUT2D eigenvalue weighted by molar-refractivity contribution is 7.98. The number of fused-ring (bicyclic) bond motifs is 1. The topological polar surface area (TPSA) is 80.9 Å². The summed E-state index contributed by atoms with van der Waals surface area (Å²) in [6, 6.07) is 9.98. The highest BCUT2D eigenvalue weighted by atomic mass is 32.2. The van der Waals surface area contributed by atoms with Crippen molar-refractivity contribution in [2.45, 2.75) is 50.5 Å². The SMILES string of the molecule is Cc1ccc(NC(=O)Cc2nc(CSc3nnc(-c4cc5c(s4)CCC(C)C5)o3)cs2)cc1. The minimum absolute atomic E-state index is 0.0676. The minimum atomic E-state index is -0.0676. The van der Waals surface area contributed by atoms with Gasteiger partial charge in [0, 0.05) is 21.7 Å². The molecule has 1 aliphatic rings. The van der Waals surface area contributed by atoms with Crippen molar-refractivity contribution in [3.63, 3.8) is 0 Å². The molecule has 6 nitrogen and oxygen atoms in total. The lowest BCUT2D eigenvalue weighted by Gasteiger charge is -2.16. The molecule has 0 radical (unpaired) electrons. The number of hydrogen-bond acceptors (Lipinski definition) is 8. The summed E-state index contributed by atoms with van der Waals surface area (Å²) in [5.74, 6) is 1.89. The molecule has 1 unspecified atom stereocenters. The lowest BCUT2D eigenvalue weighted by atomic mass is 9.90. The fourth-order valence-electron chi connectivity index (χ4n) is 3.79. The number of thiophene rings is 1. The predicted octanol–water partition coefficient (Wildman–Crippen LogP) is 6.16. The number of benzene rings is 1. The maximum atomic E-state index is 12.3. The second-order valence-corrected chi connectivity index (χ2v) is 11.4. The van der Waals surface area contributed by atoms with E-state index < -0.39 is 0 Å². The lowest BCUT2D eigenvalue weighted by Crippen LogP contribution is -2.14. The number of aryl methyl sites for hydroxylation is 2. The summed E-state index contributed by atoms with van der Waals surface area (Å²) in [5.41, 5.74) is 4.30. The summed E-state index contributed by atoms with van der Waals surface area (Å²) >= 11 is 4.74. The van der Waals surface area contributed by atoms with E-state index in [4.69, 9.17) is 4.42 Å². The molecular weight excluding hydrogens is 472 g/mol. The molecule has 9 heteroatoms. The molecule has 1 aromatic carbocycles. The first-order chi connectivity index (χ1) is 16.0. The Kier molecular flexibility index (Phi) is 6.62. The molecule has 0 spiro atoms. The first kappa shape index (κ1) is 22.3. The molecule has 0 saturated carbocycles. The van der Waals surface area contributed by atoms with Crippen LogP contribution in [0.5, 0.6) is 0 Å². The van der Waals surface area contributed by atoms with Gasteiger partial charge in [0.25, 0.3) is 11.1 Å². The van der Waals surface area contributed by atoms with E-state index in [9.17, 15) is 4.79 Å². The van der Waals surface area contributed by atoms with Gasteiger partial charge >= 0.3 is 0 Å². The van der Waals surface area contributed by atoms with Crippen molar-refractivity contribution in [2.24, 2.45) is 5.92 Å². The van der Waals surface area contributed by atoms with Crippen molar-refractivity contribution >= 4 is 46.0 Å². The zero-order valence-electron chi connectivity index (χ0n) is 18.5. The Morgan fingerprint density at radius 2 is 2.12 bits per heavy atom. The number of hydrogen-bond donors (Lipinski definition) is 1. The van der Waals surface area contributed by atoms with Crippen LogP contribution in [0.2, 0.25) is 0 Å². The number of thiazole rings is 1. The largest absolute Gasteiger partial charge is 0.410 e. The van der Waals surface area contributed by atoms with E-state index in [1.807, 2.05) is 36.6 Å². The van der Waals surface area contributed by atoms with E-state index >= 15 is 0 Å². The monoisotopic (exact) mass is 496 g/mol. The molecule has 0 fully saturated rings. The third kappa shape index (κ3) is 5.54. The second-order valence-electron chi connectivity index (χ2n) is 8.39. The highest BCUT2D eigenvalue weighted by Gasteiger charge is 2.21. The van der Waals surface area contributed by atoms with Gasteiger partial charge < -0.3 is 9.73 Å². The fourth-order valence-corrected chi connectivity index (χ4v) is 6.47. The van der Waals surface area contributed by atoms with Crippen LogP contribution >= 0.6 is 34.4 Å². The van der Waals surface area contributed by atoms with E-state index in [0.717, 1.165) is 45.6 Å². The Bertz CT molecular complexity index is 1260. The van der Waals surface area contributed by atoms with Crippen LogP contribution in [-0.4, -0.2) is 21.1 Å². The predicted molar refractivity (Wildman–Crippen MR) is 134 cm³/mol. The molecule has 1 aliphatic carbocycles. The molecule has 1 amide bonds. The van der Waals surface area contributed by atoms with Gasteiger partial charge in [-0.25, -0.2) is 4.98 Å². The molecule has 3 heterocycles. The number of nitrogens with one attached hydrogen (secondary N) is 1. The fraction of sp³-hybridized carbons (Fsp3) is 0.333. The smallest absolute Gasteiger partial charge is 0.277 e. The Morgan fingerprint density at radius 3 is 2.97 bits per heavy atom. The van der Waals surface area contributed by atoms with Crippen LogP contribution < -0.4 is 5.32 Å². The Labute approximate surface area is 204 Å². The summed E-state index contributed by atoms with van der Waals surface area (Å²) in [7, 11) is 0. The van der Waals surface area contributed by atoms with Crippen molar-refractivity contribution in [2.75, 3.05) is 5.32 Å². The zero-order valence-corrected chi connectivity index (χ0v) is 20.9. The summed E-state index contributed by atoms with van der Waals surface area (Å²) in [5, 5.41) is 14.7. The number of carbonyl (C=O) groups is 1. The number of nitrogens with zero attached hydrogens (tertiary/aromatic N) is 3. The van der Waals surface area contributed by atoms with Crippen LogP contribution in [0.15, 0.2) is 45.4 Å². The van der Waals surface area contributed by atoms with Crippen molar-refractivity contribution < 1.29 is 9.21 Å². The summed E-state index contributed by atoms with van der Waals surface area (Å²) < 4.78 is 5.90. The molecule has 170 valence electrons. The third-order valence-corrected chi connectivity index (χ3v) is 8.51. The molecule has 3 aromatic heterocycles. The molecule has 0 bridgehead atoms. The summed E-state index contributed by atoms with van der Waals surface area (Å²) in [4.78, 5) is 19.4. The number of rotatable bonds is 7. The molecule has 1 atom stereocenters. The van der Waals surface area contributed by atoms with E-state index in [2.05, 4.69) is 33.5 Å². The van der Waals surface area contributed by atoms with Crippen molar-refractivity contribution in [1.82, 2.24) is 15.2 Å². The van der Waals surface area contributed by atoms with E-state index in [1.54, 1.807) is 11.3 Å². The molecular formula is C24H24N4O2S3. The van der Waals surface area contributed by atoms with Crippen molar-refractivity contribution in [3.05, 3.63) is 62.4 Å². The van der Waals surface area contributed by atoms with E-state index in [-0.39, 0.29) is 12.3 Å². The molecule has 4 aromatic rings. The van der Waals surface area contributed by atoms with Crippen LogP contribution in [0.4, 0.5) is 5.69 Å². The maximum Gasteiger partial charge on any atom is 0.277 e. The average molecular weight is 497 g/mol. The lowest BCUT2D eigenvalue weighted by molar-refractivity contribution is -0.115. The van der Waals surface area contributed by atoms with Crippen molar-refractivity contribution in [3.8, 4) is 10.8 Å². The van der Waals surface area contributed by atoms with Crippen LogP contribution in [0.1, 0.15) is 40.1 Å². The van der Waals surface area contributed by atoms with Gasteiger partial charge in [0.1, 0.15) is 5.01 Å². The maximum absolute atomic E-state index is 12.3. The third-order valence-electron chi connectivity index (χ3n) is 5.54. The second kappa shape index (κ2) is 9.79. The van der Waals surface area contributed by atoms with Crippen LogP contribution in [0.25, 0.3) is 10.8 Å². The molecule has 0 aliphatic heterocycles. The number of amides is 1. The van der Waals surface area contributed by atoms with Gasteiger partial charge in [-0.05, 0) is 55.9 Å². The quantitative estimate of drug-likeness (QED) is 0.309. The number of carbonyl (C=O) groups excluding carboxylic acids is 1. The van der Waals surface area contributed by atoms with Gasteiger partial charge in [0.05, 0.1) is 17.0 Å². The van der Waals surface area contributed by atoms with Gasteiger partial charge in [0.15, 0.2) is 0 Å². The van der Waals surface area contributed by atoms with Crippen LogP contribution in [0.3, 0.4) is 0 Å². The first-order valence-electron chi connectivity index (χ1n) is 10.9. The van der Waals surface area contributed by atoms with Gasteiger partial charge in [-0.15, -0.1) is 32.9 Å². The van der Waals surface area contributed by atoms with Crippen molar-refractivity contribution in [1.29, 1.82) is 0 Å². The summed E-state index contributed by atoms with van der Waals surface area (Å²) in [6.45, 7) is 4.33.